The SMILES string of the molecule is CCCNc1cc(-c2csc(C)c2)nc(C(C)C)n1. The second-order valence-corrected chi connectivity index (χ2v) is 6.14. The summed E-state index contributed by atoms with van der Waals surface area (Å²) in [6.07, 6.45) is 1.09. The van der Waals surface area contributed by atoms with Crippen molar-refractivity contribution in [3.63, 3.8) is 0 Å². The van der Waals surface area contributed by atoms with E-state index in [9.17, 15) is 0 Å². The van der Waals surface area contributed by atoms with Gasteiger partial charge in [-0.2, -0.15) is 0 Å². The molecule has 3 nitrogen and oxygen atoms in total. The van der Waals surface area contributed by atoms with Crippen molar-refractivity contribution in [1.29, 1.82) is 0 Å². The molecule has 0 amide bonds. The van der Waals surface area contributed by atoms with Gasteiger partial charge in [0.1, 0.15) is 11.6 Å². The van der Waals surface area contributed by atoms with E-state index in [1.54, 1.807) is 11.3 Å². The number of hydrogen-bond donors (Lipinski definition) is 1. The zero-order chi connectivity index (χ0) is 13.8. The Kier molecular flexibility index (Phi) is 4.53. The van der Waals surface area contributed by atoms with Crippen molar-refractivity contribution >= 4 is 17.2 Å². The molecule has 0 aliphatic carbocycles. The lowest BCUT2D eigenvalue weighted by atomic mass is 10.1. The first-order valence-corrected chi connectivity index (χ1v) is 7.66. The van der Waals surface area contributed by atoms with Crippen molar-refractivity contribution in [2.24, 2.45) is 0 Å². The van der Waals surface area contributed by atoms with Gasteiger partial charge in [-0.1, -0.05) is 20.8 Å². The number of hydrogen-bond acceptors (Lipinski definition) is 4. The fourth-order valence-electron chi connectivity index (χ4n) is 1.79. The van der Waals surface area contributed by atoms with E-state index in [4.69, 9.17) is 0 Å². The maximum absolute atomic E-state index is 4.68. The second kappa shape index (κ2) is 6.15. The summed E-state index contributed by atoms with van der Waals surface area (Å²) in [6, 6.07) is 4.23. The molecule has 0 fully saturated rings. The lowest BCUT2D eigenvalue weighted by molar-refractivity contribution is 0.775. The second-order valence-electron chi connectivity index (χ2n) is 5.02. The summed E-state index contributed by atoms with van der Waals surface area (Å²) >= 11 is 1.76. The summed E-state index contributed by atoms with van der Waals surface area (Å²) in [5.41, 5.74) is 2.20. The van der Waals surface area contributed by atoms with E-state index in [2.05, 4.69) is 54.4 Å². The highest BCUT2D eigenvalue weighted by atomic mass is 32.1. The van der Waals surface area contributed by atoms with Crippen LogP contribution in [-0.4, -0.2) is 16.5 Å². The molecule has 4 heteroatoms. The molecule has 0 saturated heterocycles. The zero-order valence-corrected chi connectivity index (χ0v) is 12.8. The Balaban J connectivity index is 2.39. The van der Waals surface area contributed by atoms with E-state index in [0.29, 0.717) is 5.92 Å². The summed E-state index contributed by atoms with van der Waals surface area (Å²) in [7, 11) is 0. The van der Waals surface area contributed by atoms with E-state index in [1.807, 2.05) is 6.07 Å². The molecule has 2 aromatic rings. The number of nitrogens with one attached hydrogen (secondary N) is 1. The molecular formula is C15H21N3S. The van der Waals surface area contributed by atoms with Crippen LogP contribution in [0.3, 0.4) is 0 Å². The smallest absolute Gasteiger partial charge is 0.133 e. The number of nitrogens with zero attached hydrogens (tertiary/aromatic N) is 2. The highest BCUT2D eigenvalue weighted by molar-refractivity contribution is 7.10. The molecule has 2 rings (SSSR count). The third-order valence-electron chi connectivity index (χ3n) is 2.84. The van der Waals surface area contributed by atoms with Crippen LogP contribution in [0.1, 0.15) is 43.8 Å². The third kappa shape index (κ3) is 3.53. The molecule has 1 N–H and O–H groups in total. The van der Waals surface area contributed by atoms with E-state index in [1.165, 1.54) is 10.4 Å². The molecule has 19 heavy (non-hydrogen) atoms. The van der Waals surface area contributed by atoms with Gasteiger partial charge < -0.3 is 5.32 Å². The van der Waals surface area contributed by atoms with Crippen LogP contribution in [0.15, 0.2) is 17.5 Å². The van der Waals surface area contributed by atoms with Crippen molar-refractivity contribution in [3.05, 3.63) is 28.2 Å². The van der Waals surface area contributed by atoms with Gasteiger partial charge in [0, 0.05) is 34.3 Å². The minimum Gasteiger partial charge on any atom is -0.370 e. The quantitative estimate of drug-likeness (QED) is 0.875. The summed E-state index contributed by atoms with van der Waals surface area (Å²) in [5.74, 6) is 2.17. The summed E-state index contributed by atoms with van der Waals surface area (Å²) in [6.45, 7) is 9.47. The van der Waals surface area contributed by atoms with Gasteiger partial charge in [0.2, 0.25) is 0 Å². The molecule has 2 heterocycles. The van der Waals surface area contributed by atoms with Crippen LogP contribution >= 0.6 is 11.3 Å². The summed E-state index contributed by atoms with van der Waals surface area (Å²) in [5, 5.41) is 5.52. The highest BCUT2D eigenvalue weighted by Gasteiger charge is 2.10. The van der Waals surface area contributed by atoms with E-state index in [-0.39, 0.29) is 0 Å². The maximum Gasteiger partial charge on any atom is 0.133 e. The van der Waals surface area contributed by atoms with Gasteiger partial charge in [0.25, 0.3) is 0 Å². The number of thiophene rings is 1. The predicted octanol–water partition coefficient (Wildman–Crippen LogP) is 4.46. The monoisotopic (exact) mass is 275 g/mol. The van der Waals surface area contributed by atoms with Crippen molar-refractivity contribution < 1.29 is 0 Å². The summed E-state index contributed by atoms with van der Waals surface area (Å²) < 4.78 is 0. The number of rotatable bonds is 5. The van der Waals surface area contributed by atoms with Crippen molar-refractivity contribution in [1.82, 2.24) is 9.97 Å². The van der Waals surface area contributed by atoms with Crippen molar-refractivity contribution in [2.45, 2.75) is 40.0 Å². The van der Waals surface area contributed by atoms with Crippen molar-refractivity contribution in [3.8, 4) is 11.3 Å². The Hall–Kier alpha value is -1.42. The first-order valence-electron chi connectivity index (χ1n) is 6.78. The molecule has 0 spiro atoms. The molecule has 2 aromatic heterocycles. The number of aromatic nitrogens is 2. The minimum absolute atomic E-state index is 0.335. The van der Waals surface area contributed by atoms with Crippen LogP contribution in [0.4, 0.5) is 5.82 Å². The van der Waals surface area contributed by atoms with Crippen molar-refractivity contribution in [2.75, 3.05) is 11.9 Å². The fraction of sp³-hybridized carbons (Fsp3) is 0.467. The molecule has 0 atom stereocenters. The van der Waals surface area contributed by atoms with Crippen LogP contribution in [0.2, 0.25) is 0 Å². The molecule has 0 radical (unpaired) electrons. The maximum atomic E-state index is 4.68. The average molecular weight is 275 g/mol. The number of aryl methyl sites for hydroxylation is 1. The fourth-order valence-corrected chi connectivity index (χ4v) is 2.49. The Morgan fingerprint density at radius 2 is 2.05 bits per heavy atom. The van der Waals surface area contributed by atoms with Gasteiger partial charge in [0.15, 0.2) is 0 Å². The van der Waals surface area contributed by atoms with Gasteiger partial charge >= 0.3 is 0 Å². The lowest BCUT2D eigenvalue weighted by Gasteiger charge is -2.10. The van der Waals surface area contributed by atoms with Gasteiger partial charge in [-0.25, -0.2) is 9.97 Å². The molecule has 0 unspecified atom stereocenters. The van der Waals surface area contributed by atoms with E-state index >= 15 is 0 Å². The Bertz CT molecular complexity index is 546. The van der Waals surface area contributed by atoms with E-state index in [0.717, 1.165) is 30.3 Å². The third-order valence-corrected chi connectivity index (χ3v) is 3.70. The van der Waals surface area contributed by atoms with Crippen LogP contribution in [-0.2, 0) is 0 Å². The van der Waals surface area contributed by atoms with Gasteiger partial charge in [-0.05, 0) is 19.4 Å². The van der Waals surface area contributed by atoms with Crippen LogP contribution in [0.5, 0.6) is 0 Å². The van der Waals surface area contributed by atoms with Gasteiger partial charge in [0.05, 0.1) is 5.69 Å². The molecule has 0 saturated carbocycles. The predicted molar refractivity (Wildman–Crippen MR) is 83.0 cm³/mol. The Labute approximate surface area is 119 Å². The molecule has 0 aliphatic heterocycles. The van der Waals surface area contributed by atoms with Gasteiger partial charge in [-0.3, -0.25) is 0 Å². The Morgan fingerprint density at radius 3 is 2.63 bits per heavy atom. The standard InChI is InChI=1S/C15H21N3S/c1-5-6-16-14-8-13(12-7-11(4)19-9-12)17-15(18-14)10(2)3/h7-10H,5-6H2,1-4H3,(H,16,17,18). The lowest BCUT2D eigenvalue weighted by Crippen LogP contribution is -2.06. The first-order chi connectivity index (χ1) is 9.10. The van der Waals surface area contributed by atoms with Crippen LogP contribution in [0, 0.1) is 6.92 Å². The first kappa shape index (κ1) is 14.0. The van der Waals surface area contributed by atoms with E-state index < -0.39 is 0 Å². The number of anilines is 1. The normalized spacial score (nSPS) is 11.0. The Morgan fingerprint density at radius 1 is 1.26 bits per heavy atom. The summed E-state index contributed by atoms with van der Waals surface area (Å²) in [4.78, 5) is 10.6. The molecule has 0 aliphatic rings. The molecule has 0 bridgehead atoms. The molecular weight excluding hydrogens is 254 g/mol. The molecule has 0 aromatic carbocycles. The highest BCUT2D eigenvalue weighted by Crippen LogP contribution is 2.26. The van der Waals surface area contributed by atoms with Gasteiger partial charge in [-0.15, -0.1) is 11.3 Å². The average Bonchev–Trinajstić information content (AvgIpc) is 2.82. The van der Waals surface area contributed by atoms with Crippen LogP contribution in [0.25, 0.3) is 11.3 Å². The minimum atomic E-state index is 0.335. The molecule has 102 valence electrons. The zero-order valence-electron chi connectivity index (χ0n) is 12.0. The van der Waals surface area contributed by atoms with Crippen LogP contribution < -0.4 is 5.32 Å². The topological polar surface area (TPSA) is 37.8 Å². The largest absolute Gasteiger partial charge is 0.370 e.